The summed E-state index contributed by atoms with van der Waals surface area (Å²) in [4.78, 5) is 0. The van der Waals surface area contributed by atoms with Crippen molar-refractivity contribution in [2.45, 2.75) is 0 Å². The summed E-state index contributed by atoms with van der Waals surface area (Å²) in [5.41, 5.74) is 1.55. The molecule has 0 heterocycles. The molecule has 0 saturated carbocycles. The first-order chi connectivity index (χ1) is 11.7. The molecule has 0 unspecified atom stereocenters. The molecule has 0 aromatic heterocycles. The second kappa shape index (κ2) is 5.73. The summed E-state index contributed by atoms with van der Waals surface area (Å²) in [6.45, 7) is 3.89. The van der Waals surface area contributed by atoms with E-state index in [4.69, 9.17) is 0 Å². The van der Waals surface area contributed by atoms with E-state index >= 15 is 4.11 Å². The van der Waals surface area contributed by atoms with Crippen LogP contribution in [0.15, 0.2) is 97.2 Å². The molecule has 2 heteroatoms. The zero-order valence-corrected chi connectivity index (χ0v) is 14.2. The second-order valence-electron chi connectivity index (χ2n) is 5.97. The summed E-state index contributed by atoms with van der Waals surface area (Å²) in [5, 5.41) is 5.61. The van der Waals surface area contributed by atoms with E-state index in [0.717, 1.165) is 31.9 Å². The number of hydrogen-bond acceptors (Lipinski definition) is 0. The number of fused-ring (bicyclic) bond motifs is 2. The number of halogens is 1. The third kappa shape index (κ3) is 2.19. The van der Waals surface area contributed by atoms with Crippen molar-refractivity contribution in [1.29, 1.82) is 0 Å². The summed E-state index contributed by atoms with van der Waals surface area (Å²) in [6, 6.07) is 27.7. The fourth-order valence-electron chi connectivity index (χ4n) is 3.45. The first-order valence-corrected chi connectivity index (χ1v) is 9.98. The Labute approximate surface area is 142 Å². The van der Waals surface area contributed by atoms with Crippen molar-refractivity contribution in [3.05, 3.63) is 97.2 Å². The van der Waals surface area contributed by atoms with Crippen LogP contribution in [-0.4, -0.2) is 8.41 Å². The van der Waals surface area contributed by atoms with Crippen molar-refractivity contribution in [3.8, 4) is 0 Å². The van der Waals surface area contributed by atoms with Crippen LogP contribution in [0.25, 0.3) is 21.5 Å². The Kier molecular flexibility index (Phi) is 3.55. The standard InChI is InChI=1S/C22H17FSi/c1-2-24(23,21-15-7-11-17-9-3-5-13-19(17)21)22-16-8-12-18-10-4-6-14-20(18)22/h2-16H,1H2. The van der Waals surface area contributed by atoms with Gasteiger partial charge in [-0.25, -0.2) is 0 Å². The van der Waals surface area contributed by atoms with Crippen LogP contribution < -0.4 is 10.4 Å². The third-order valence-corrected chi connectivity index (χ3v) is 7.65. The molecule has 4 aromatic rings. The summed E-state index contributed by atoms with van der Waals surface area (Å²) in [7, 11) is -3.54. The Morgan fingerprint density at radius 3 is 1.50 bits per heavy atom. The maximum absolute atomic E-state index is 16.5. The lowest BCUT2D eigenvalue weighted by Crippen LogP contribution is -2.53. The lowest BCUT2D eigenvalue weighted by Gasteiger charge is -2.23. The number of hydrogen-bond donors (Lipinski definition) is 0. The molecular weight excluding hydrogens is 311 g/mol. The molecule has 0 radical (unpaired) electrons. The van der Waals surface area contributed by atoms with Gasteiger partial charge in [0.15, 0.2) is 0 Å². The zero-order valence-electron chi connectivity index (χ0n) is 13.2. The van der Waals surface area contributed by atoms with Crippen LogP contribution in [0, 0.1) is 0 Å². The van der Waals surface area contributed by atoms with E-state index in [1.807, 2.05) is 84.9 Å². The molecule has 0 amide bonds. The van der Waals surface area contributed by atoms with E-state index in [9.17, 15) is 0 Å². The third-order valence-electron chi connectivity index (χ3n) is 4.64. The van der Waals surface area contributed by atoms with Crippen molar-refractivity contribution in [3.63, 3.8) is 0 Å². The van der Waals surface area contributed by atoms with Gasteiger partial charge in [-0.2, -0.15) is 0 Å². The number of benzene rings is 4. The van der Waals surface area contributed by atoms with Crippen molar-refractivity contribution < 1.29 is 4.11 Å². The van der Waals surface area contributed by atoms with Gasteiger partial charge in [0, 0.05) is 0 Å². The first kappa shape index (κ1) is 14.9. The van der Waals surface area contributed by atoms with E-state index in [2.05, 4.69) is 6.58 Å². The van der Waals surface area contributed by atoms with E-state index in [1.54, 1.807) is 5.70 Å². The smallest absolute Gasteiger partial charge is 0.296 e. The first-order valence-electron chi connectivity index (χ1n) is 8.03. The molecule has 0 fully saturated rings. The van der Waals surface area contributed by atoms with E-state index in [1.165, 1.54) is 0 Å². The fourth-order valence-corrected chi connectivity index (χ4v) is 6.10. The lowest BCUT2D eigenvalue weighted by atomic mass is 10.1. The van der Waals surface area contributed by atoms with Crippen LogP contribution >= 0.6 is 0 Å². The monoisotopic (exact) mass is 328 g/mol. The molecule has 0 aliphatic heterocycles. The normalized spacial score (nSPS) is 11.7. The Morgan fingerprint density at radius 1 is 0.625 bits per heavy atom. The van der Waals surface area contributed by atoms with Gasteiger partial charge in [-0.05, 0) is 31.9 Å². The van der Waals surface area contributed by atoms with Crippen LogP contribution in [0.2, 0.25) is 0 Å². The topological polar surface area (TPSA) is 0 Å². The predicted octanol–water partition coefficient (Wildman–Crippen LogP) is 4.75. The van der Waals surface area contributed by atoms with Gasteiger partial charge >= 0.3 is 8.41 Å². The Balaban J connectivity index is 2.07. The fraction of sp³-hybridized carbons (Fsp3) is 0. The van der Waals surface area contributed by atoms with Crippen LogP contribution in [0.4, 0.5) is 4.11 Å². The SMILES string of the molecule is C=C[Si](F)(c1cccc2ccccc12)c1cccc2ccccc12. The van der Waals surface area contributed by atoms with Gasteiger partial charge in [0.25, 0.3) is 0 Å². The molecule has 24 heavy (non-hydrogen) atoms. The summed E-state index contributed by atoms with van der Waals surface area (Å²) < 4.78 is 16.5. The molecule has 0 aliphatic rings. The molecule has 0 atom stereocenters. The van der Waals surface area contributed by atoms with Gasteiger partial charge in [-0.15, -0.1) is 6.58 Å². The minimum atomic E-state index is -3.54. The highest BCUT2D eigenvalue weighted by Gasteiger charge is 2.38. The van der Waals surface area contributed by atoms with E-state index in [-0.39, 0.29) is 0 Å². The highest BCUT2D eigenvalue weighted by atomic mass is 28.4. The molecule has 116 valence electrons. The molecule has 0 N–H and O–H groups in total. The van der Waals surface area contributed by atoms with Crippen molar-refractivity contribution in [2.24, 2.45) is 0 Å². The second-order valence-corrected chi connectivity index (χ2v) is 8.88. The van der Waals surface area contributed by atoms with Gasteiger partial charge in [0.05, 0.1) is 0 Å². The molecule has 4 aromatic carbocycles. The predicted molar refractivity (Wildman–Crippen MR) is 104 cm³/mol. The van der Waals surface area contributed by atoms with Gasteiger partial charge in [0.1, 0.15) is 0 Å². The van der Waals surface area contributed by atoms with Gasteiger partial charge in [-0.3, -0.25) is 4.11 Å². The molecule has 0 aliphatic carbocycles. The molecule has 0 saturated heterocycles. The van der Waals surface area contributed by atoms with E-state index in [0.29, 0.717) is 0 Å². The number of rotatable bonds is 3. The lowest BCUT2D eigenvalue weighted by molar-refractivity contribution is 0.842. The summed E-state index contributed by atoms with van der Waals surface area (Å²) in [5.74, 6) is 0. The highest BCUT2D eigenvalue weighted by Crippen LogP contribution is 2.21. The maximum atomic E-state index is 16.5. The van der Waals surface area contributed by atoms with Crippen molar-refractivity contribution in [1.82, 2.24) is 0 Å². The average Bonchev–Trinajstić information content (AvgIpc) is 2.66. The largest absolute Gasteiger partial charge is 0.332 e. The minimum absolute atomic E-state index is 0.770. The molecule has 0 spiro atoms. The van der Waals surface area contributed by atoms with Crippen molar-refractivity contribution >= 4 is 40.3 Å². The summed E-state index contributed by atoms with van der Waals surface area (Å²) in [6.07, 6.45) is 0. The molecular formula is C22H17FSi. The van der Waals surface area contributed by atoms with Crippen LogP contribution in [-0.2, 0) is 0 Å². The molecule has 0 nitrogen and oxygen atoms in total. The maximum Gasteiger partial charge on any atom is 0.332 e. The Bertz CT molecular complexity index is 962. The summed E-state index contributed by atoms with van der Waals surface area (Å²) >= 11 is 0. The Morgan fingerprint density at radius 2 is 1.04 bits per heavy atom. The highest BCUT2D eigenvalue weighted by molar-refractivity contribution is 7.03. The van der Waals surface area contributed by atoms with Crippen LogP contribution in [0.1, 0.15) is 0 Å². The quantitative estimate of drug-likeness (QED) is 0.376. The minimum Gasteiger partial charge on any atom is -0.296 e. The van der Waals surface area contributed by atoms with Gasteiger partial charge in [-0.1, -0.05) is 90.6 Å². The Hall–Kier alpha value is -2.71. The average molecular weight is 328 g/mol. The van der Waals surface area contributed by atoms with Crippen LogP contribution in [0.3, 0.4) is 0 Å². The zero-order chi connectivity index (χ0) is 16.6. The van der Waals surface area contributed by atoms with Gasteiger partial charge < -0.3 is 0 Å². The molecule has 0 bridgehead atoms. The van der Waals surface area contributed by atoms with E-state index < -0.39 is 8.41 Å². The van der Waals surface area contributed by atoms with Gasteiger partial charge in [0.2, 0.25) is 0 Å². The molecule has 4 rings (SSSR count). The van der Waals surface area contributed by atoms with Crippen LogP contribution in [0.5, 0.6) is 0 Å². The van der Waals surface area contributed by atoms with Crippen molar-refractivity contribution in [2.75, 3.05) is 0 Å².